The minimum Gasteiger partial charge on any atom is -0.381 e. The zero-order chi connectivity index (χ0) is 12.7. The van der Waals surface area contributed by atoms with E-state index in [2.05, 4.69) is 0 Å². The van der Waals surface area contributed by atoms with Crippen molar-refractivity contribution in [3.8, 4) is 0 Å². The zero-order valence-electron chi connectivity index (χ0n) is 13.2. The third-order valence-electron chi connectivity index (χ3n) is 3.23. The predicted octanol–water partition coefficient (Wildman–Crippen LogP) is 3.68. The summed E-state index contributed by atoms with van der Waals surface area (Å²) in [6.45, 7) is 6.00. The third-order valence-corrected chi connectivity index (χ3v) is 3.23. The van der Waals surface area contributed by atoms with E-state index in [0.717, 1.165) is 39.6 Å². The molecule has 2 unspecified atom stereocenters. The van der Waals surface area contributed by atoms with E-state index in [4.69, 9.17) is 14.2 Å². The maximum Gasteiger partial charge on any atom is 0.0466 e. The second-order valence-corrected chi connectivity index (χ2v) is 5.02. The zero-order valence-corrected chi connectivity index (χ0v) is 16.1. The molecule has 3 heterocycles. The van der Waals surface area contributed by atoms with Gasteiger partial charge in [0, 0.05) is 39.6 Å². The van der Waals surface area contributed by atoms with Crippen LogP contribution in [0.1, 0.15) is 57.8 Å². The van der Waals surface area contributed by atoms with Gasteiger partial charge in [-0.25, -0.2) is 0 Å². The Hall–Kier alpha value is 0.740. The first-order valence-electron chi connectivity index (χ1n) is 7.73. The molecule has 3 rings (SSSR count). The lowest BCUT2D eigenvalue weighted by molar-refractivity contribution is 0.0967. The van der Waals surface area contributed by atoms with Crippen LogP contribution in [0.5, 0.6) is 0 Å². The molecular weight excluding hydrogens is 290 g/mol. The fraction of sp³-hybridized carbons (Fsp3) is 1.00. The molecule has 0 aromatic heterocycles. The number of ether oxygens (including phenoxy) is 3. The van der Waals surface area contributed by atoms with Gasteiger partial charge >= 0.3 is 0 Å². The monoisotopic (exact) mass is 326 g/mol. The molecule has 0 aliphatic carbocycles. The lowest BCUT2D eigenvalue weighted by atomic mass is 10.2. The van der Waals surface area contributed by atoms with E-state index in [9.17, 15) is 0 Å². The molecule has 3 saturated heterocycles. The van der Waals surface area contributed by atoms with Crippen molar-refractivity contribution < 1.29 is 14.2 Å². The Bertz CT molecular complexity index is 96.1. The van der Waals surface area contributed by atoms with Crippen molar-refractivity contribution in [2.75, 3.05) is 39.6 Å². The van der Waals surface area contributed by atoms with Crippen molar-refractivity contribution in [1.82, 2.24) is 0 Å². The maximum absolute atomic E-state index is 5.07. The minimum absolute atomic E-state index is 0. The van der Waals surface area contributed by atoms with Gasteiger partial charge in [0.25, 0.3) is 0 Å². The van der Waals surface area contributed by atoms with Crippen molar-refractivity contribution in [3.05, 3.63) is 0 Å². The second-order valence-electron chi connectivity index (χ2n) is 5.02. The Labute approximate surface area is 132 Å². The van der Waals surface area contributed by atoms with Crippen molar-refractivity contribution in [3.63, 3.8) is 0 Å². The van der Waals surface area contributed by atoms with Gasteiger partial charge in [0.15, 0.2) is 0 Å². The van der Waals surface area contributed by atoms with Crippen LogP contribution in [0.15, 0.2) is 0 Å². The summed E-state index contributed by atoms with van der Waals surface area (Å²) in [6, 6.07) is 0. The van der Waals surface area contributed by atoms with Gasteiger partial charge < -0.3 is 14.2 Å². The number of hydrogen-bond acceptors (Lipinski definition) is 3. The first-order valence-corrected chi connectivity index (χ1v) is 7.73. The molecule has 2 atom stereocenters. The van der Waals surface area contributed by atoms with Crippen molar-refractivity contribution in [2.45, 2.75) is 57.8 Å². The second kappa shape index (κ2) is 19.7. The molecule has 0 amide bonds. The van der Waals surface area contributed by atoms with E-state index in [1.807, 2.05) is 0 Å². The summed E-state index contributed by atoms with van der Waals surface area (Å²) in [5.41, 5.74) is 0. The molecule has 5 heteroatoms. The van der Waals surface area contributed by atoms with Gasteiger partial charge in [0.1, 0.15) is 0 Å². The molecule has 124 valence electrons. The first kappa shape index (κ1) is 23.0. The van der Waals surface area contributed by atoms with Crippen molar-refractivity contribution in [1.29, 1.82) is 0 Å². The molecule has 0 saturated carbocycles. The van der Waals surface area contributed by atoms with Gasteiger partial charge in [-0.15, -0.1) is 0 Å². The van der Waals surface area contributed by atoms with Gasteiger partial charge in [0.05, 0.1) is 0 Å². The standard InChI is InChI=1S/3C5H10O.2H3P/c3*1-2-4-6-5-3-1;;/h3*1-5H2;2*1H3. The molecule has 0 spiro atoms. The molecule has 0 aromatic rings. The summed E-state index contributed by atoms with van der Waals surface area (Å²) >= 11 is 0. The van der Waals surface area contributed by atoms with Crippen LogP contribution in [0.2, 0.25) is 0 Å². The SMILES string of the molecule is C1CCOCC1.C1CCOCC1.C1CCOCC1.P.P. The third kappa shape index (κ3) is 16.8. The quantitative estimate of drug-likeness (QED) is 0.636. The normalized spacial score (nSPS) is 21.6. The van der Waals surface area contributed by atoms with E-state index in [1.54, 1.807) is 0 Å². The van der Waals surface area contributed by atoms with Gasteiger partial charge in [0.2, 0.25) is 0 Å². The maximum atomic E-state index is 5.07. The summed E-state index contributed by atoms with van der Waals surface area (Å²) in [5, 5.41) is 0. The van der Waals surface area contributed by atoms with Gasteiger partial charge in [-0.3, -0.25) is 0 Å². The molecule has 3 nitrogen and oxygen atoms in total. The fourth-order valence-electron chi connectivity index (χ4n) is 2.06. The molecule has 0 bridgehead atoms. The number of hydrogen-bond donors (Lipinski definition) is 0. The number of rotatable bonds is 0. The Balaban J connectivity index is 0. The first-order chi connectivity index (χ1) is 9.00. The smallest absolute Gasteiger partial charge is 0.0466 e. The lowest BCUT2D eigenvalue weighted by Crippen LogP contribution is -2.03. The van der Waals surface area contributed by atoms with Crippen molar-refractivity contribution >= 4 is 19.8 Å². The summed E-state index contributed by atoms with van der Waals surface area (Å²) < 4.78 is 15.2. The van der Waals surface area contributed by atoms with Gasteiger partial charge in [-0.1, -0.05) is 0 Å². The Morgan fingerprint density at radius 1 is 0.300 bits per heavy atom. The molecule has 0 aromatic carbocycles. The highest BCUT2D eigenvalue weighted by Gasteiger charge is 1.96. The summed E-state index contributed by atoms with van der Waals surface area (Å²) in [6.07, 6.45) is 11.8. The molecule has 20 heavy (non-hydrogen) atoms. The molecule has 0 radical (unpaired) electrons. The van der Waals surface area contributed by atoms with Gasteiger partial charge in [-0.2, -0.15) is 19.8 Å². The Kier molecular flexibility index (Phi) is 22.7. The molecule has 3 fully saturated rings. The largest absolute Gasteiger partial charge is 0.381 e. The van der Waals surface area contributed by atoms with E-state index in [0.29, 0.717) is 0 Å². The van der Waals surface area contributed by atoms with Crippen LogP contribution >= 0.6 is 19.8 Å². The van der Waals surface area contributed by atoms with Crippen LogP contribution in [-0.2, 0) is 14.2 Å². The molecule has 3 aliphatic rings. The summed E-state index contributed by atoms with van der Waals surface area (Å²) in [5.74, 6) is 0. The minimum atomic E-state index is 0. The average Bonchev–Trinajstić information content (AvgIpc) is 2.54. The van der Waals surface area contributed by atoms with E-state index < -0.39 is 0 Å². The summed E-state index contributed by atoms with van der Waals surface area (Å²) in [7, 11) is 0. The van der Waals surface area contributed by atoms with E-state index >= 15 is 0 Å². The van der Waals surface area contributed by atoms with Crippen LogP contribution in [-0.4, -0.2) is 39.6 Å². The van der Waals surface area contributed by atoms with E-state index in [1.165, 1.54) is 57.8 Å². The van der Waals surface area contributed by atoms with Crippen LogP contribution in [0.4, 0.5) is 0 Å². The highest BCUT2D eigenvalue weighted by molar-refractivity contribution is 6.92. The topological polar surface area (TPSA) is 27.7 Å². The van der Waals surface area contributed by atoms with Crippen LogP contribution < -0.4 is 0 Å². The highest BCUT2D eigenvalue weighted by Crippen LogP contribution is 2.03. The Morgan fingerprint density at radius 2 is 0.500 bits per heavy atom. The van der Waals surface area contributed by atoms with Gasteiger partial charge in [-0.05, 0) is 57.8 Å². The van der Waals surface area contributed by atoms with Crippen molar-refractivity contribution in [2.24, 2.45) is 0 Å². The summed E-state index contributed by atoms with van der Waals surface area (Å²) in [4.78, 5) is 0. The fourth-order valence-corrected chi connectivity index (χ4v) is 2.06. The van der Waals surface area contributed by atoms with E-state index in [-0.39, 0.29) is 19.8 Å². The Morgan fingerprint density at radius 3 is 0.550 bits per heavy atom. The van der Waals surface area contributed by atoms with Crippen LogP contribution in [0, 0.1) is 0 Å². The molecular formula is C15H36O3P2. The molecule has 0 N–H and O–H groups in total. The van der Waals surface area contributed by atoms with Crippen LogP contribution in [0.25, 0.3) is 0 Å². The highest BCUT2D eigenvalue weighted by atomic mass is 31.0. The van der Waals surface area contributed by atoms with Crippen LogP contribution in [0.3, 0.4) is 0 Å². The average molecular weight is 326 g/mol. The predicted molar refractivity (Wildman–Crippen MR) is 96.2 cm³/mol. The molecule has 3 aliphatic heterocycles. The lowest BCUT2D eigenvalue weighted by Gasteiger charge is -2.08.